The highest BCUT2D eigenvalue weighted by atomic mass is 15.0. The highest BCUT2D eigenvalue weighted by Gasteiger charge is 2.44. The van der Waals surface area contributed by atoms with Crippen molar-refractivity contribution in [3.63, 3.8) is 0 Å². The molecule has 0 amide bonds. The zero-order valence-electron chi connectivity index (χ0n) is 13.9. The molecule has 0 bridgehead atoms. The van der Waals surface area contributed by atoms with Crippen LogP contribution in [0.4, 0.5) is 0 Å². The van der Waals surface area contributed by atoms with Crippen molar-refractivity contribution in [2.45, 2.75) is 74.3 Å². The van der Waals surface area contributed by atoms with Crippen LogP contribution in [0.5, 0.6) is 0 Å². The van der Waals surface area contributed by atoms with Gasteiger partial charge in [0.2, 0.25) is 0 Å². The van der Waals surface area contributed by atoms with E-state index in [1.54, 1.807) is 0 Å². The Bertz CT molecular complexity index is 267. The van der Waals surface area contributed by atoms with Gasteiger partial charge in [-0.1, -0.05) is 55.4 Å². The third-order valence-electron chi connectivity index (χ3n) is 5.90. The van der Waals surface area contributed by atoms with E-state index in [-0.39, 0.29) is 0 Å². The summed E-state index contributed by atoms with van der Waals surface area (Å²) in [6, 6.07) is 0.662. The Labute approximate surface area is 115 Å². The molecule has 0 heterocycles. The van der Waals surface area contributed by atoms with Crippen molar-refractivity contribution >= 4 is 0 Å². The predicted molar refractivity (Wildman–Crippen MR) is 81.8 cm³/mol. The third-order valence-corrected chi connectivity index (χ3v) is 5.90. The van der Waals surface area contributed by atoms with Crippen molar-refractivity contribution in [1.29, 1.82) is 0 Å². The van der Waals surface area contributed by atoms with Gasteiger partial charge in [-0.3, -0.25) is 0 Å². The Balaban J connectivity index is 2.74. The first-order chi connectivity index (χ1) is 8.12. The molecule has 0 aromatic carbocycles. The minimum Gasteiger partial charge on any atom is -0.313 e. The van der Waals surface area contributed by atoms with Gasteiger partial charge in [-0.25, -0.2) is 0 Å². The molecule has 0 aromatic rings. The van der Waals surface area contributed by atoms with Gasteiger partial charge in [0.15, 0.2) is 0 Å². The Morgan fingerprint density at radius 1 is 1.11 bits per heavy atom. The average molecular weight is 253 g/mol. The molecule has 18 heavy (non-hydrogen) atoms. The topological polar surface area (TPSA) is 12.0 Å². The maximum Gasteiger partial charge on any atom is 0.0147 e. The summed E-state index contributed by atoms with van der Waals surface area (Å²) in [5.74, 6) is 2.45. The molecule has 1 fully saturated rings. The van der Waals surface area contributed by atoms with Gasteiger partial charge < -0.3 is 5.32 Å². The van der Waals surface area contributed by atoms with Crippen LogP contribution in [0.1, 0.15) is 68.2 Å². The molecule has 0 radical (unpaired) electrons. The zero-order chi connectivity index (χ0) is 14.1. The maximum absolute atomic E-state index is 3.90. The molecule has 1 N–H and O–H groups in total. The molecule has 1 nitrogen and oxygen atoms in total. The fourth-order valence-corrected chi connectivity index (χ4v) is 3.65. The minimum absolute atomic E-state index is 0.404. The van der Waals surface area contributed by atoms with Crippen molar-refractivity contribution in [2.75, 3.05) is 6.54 Å². The number of rotatable bonds is 4. The molecule has 1 aliphatic rings. The first kappa shape index (κ1) is 16.0. The van der Waals surface area contributed by atoms with E-state index in [1.807, 2.05) is 0 Å². The summed E-state index contributed by atoms with van der Waals surface area (Å²) in [4.78, 5) is 0. The first-order valence-electron chi connectivity index (χ1n) is 7.85. The SMILES string of the molecule is CCC(C)(C)CNC1C(C)CC(C)C(C)C1(C)C. The molecule has 1 heteroatoms. The van der Waals surface area contributed by atoms with Crippen LogP contribution in [0.2, 0.25) is 0 Å². The normalized spacial score (nSPS) is 36.7. The van der Waals surface area contributed by atoms with E-state index < -0.39 is 0 Å². The second kappa shape index (κ2) is 5.53. The highest BCUT2D eigenvalue weighted by molar-refractivity contribution is 4.98. The lowest BCUT2D eigenvalue weighted by Crippen LogP contribution is -2.56. The van der Waals surface area contributed by atoms with Gasteiger partial charge >= 0.3 is 0 Å². The molecular weight excluding hydrogens is 218 g/mol. The van der Waals surface area contributed by atoms with E-state index >= 15 is 0 Å². The van der Waals surface area contributed by atoms with Crippen molar-refractivity contribution in [1.82, 2.24) is 5.32 Å². The summed E-state index contributed by atoms with van der Waals surface area (Å²) in [6.07, 6.45) is 2.61. The zero-order valence-corrected chi connectivity index (χ0v) is 13.9. The van der Waals surface area contributed by atoms with Crippen LogP contribution in [-0.2, 0) is 0 Å². The quantitative estimate of drug-likeness (QED) is 0.764. The Morgan fingerprint density at radius 3 is 2.17 bits per heavy atom. The van der Waals surface area contributed by atoms with Crippen LogP contribution in [-0.4, -0.2) is 12.6 Å². The van der Waals surface area contributed by atoms with E-state index in [9.17, 15) is 0 Å². The van der Waals surface area contributed by atoms with Crippen LogP contribution in [0.25, 0.3) is 0 Å². The lowest BCUT2D eigenvalue weighted by molar-refractivity contribution is 0.0143. The molecule has 4 atom stereocenters. The Morgan fingerprint density at radius 2 is 1.67 bits per heavy atom. The van der Waals surface area contributed by atoms with Crippen molar-refractivity contribution in [3.8, 4) is 0 Å². The van der Waals surface area contributed by atoms with Gasteiger partial charge in [0.1, 0.15) is 0 Å². The molecule has 4 unspecified atom stereocenters. The van der Waals surface area contributed by atoms with Crippen molar-refractivity contribution in [2.24, 2.45) is 28.6 Å². The fourth-order valence-electron chi connectivity index (χ4n) is 3.65. The molecule has 108 valence electrons. The summed E-state index contributed by atoms with van der Waals surface area (Å²) in [5.41, 5.74) is 0.822. The molecule has 0 saturated heterocycles. The smallest absolute Gasteiger partial charge is 0.0147 e. The monoisotopic (exact) mass is 253 g/mol. The molecule has 0 spiro atoms. The molecule has 1 rings (SSSR count). The second-order valence-corrected chi connectivity index (χ2v) is 8.18. The van der Waals surface area contributed by atoms with Gasteiger partial charge in [-0.2, -0.15) is 0 Å². The van der Waals surface area contributed by atoms with E-state index in [4.69, 9.17) is 0 Å². The largest absolute Gasteiger partial charge is 0.313 e. The highest BCUT2D eigenvalue weighted by Crippen LogP contribution is 2.46. The van der Waals surface area contributed by atoms with Crippen LogP contribution < -0.4 is 5.32 Å². The first-order valence-corrected chi connectivity index (χ1v) is 7.85. The molecule has 0 aromatic heterocycles. The lowest BCUT2D eigenvalue weighted by Gasteiger charge is -2.51. The molecule has 0 aliphatic heterocycles. The van der Waals surface area contributed by atoms with E-state index in [2.05, 4.69) is 60.7 Å². The summed E-state index contributed by atoms with van der Waals surface area (Å²) in [6.45, 7) is 20.4. The van der Waals surface area contributed by atoms with E-state index in [0.717, 1.165) is 24.3 Å². The molecule has 1 aliphatic carbocycles. The summed E-state index contributed by atoms with van der Waals surface area (Å²) >= 11 is 0. The summed E-state index contributed by atoms with van der Waals surface area (Å²) in [7, 11) is 0. The maximum atomic E-state index is 3.90. The number of hydrogen-bond donors (Lipinski definition) is 1. The van der Waals surface area contributed by atoms with Crippen LogP contribution in [0, 0.1) is 28.6 Å². The van der Waals surface area contributed by atoms with Gasteiger partial charge in [-0.05, 0) is 41.4 Å². The van der Waals surface area contributed by atoms with E-state index in [1.165, 1.54) is 12.8 Å². The summed E-state index contributed by atoms with van der Waals surface area (Å²) in [5, 5.41) is 3.90. The predicted octanol–water partition coefficient (Wildman–Crippen LogP) is 4.72. The van der Waals surface area contributed by atoms with Crippen LogP contribution in [0.3, 0.4) is 0 Å². The van der Waals surface area contributed by atoms with Crippen molar-refractivity contribution < 1.29 is 0 Å². The van der Waals surface area contributed by atoms with Crippen LogP contribution in [0.15, 0.2) is 0 Å². The summed E-state index contributed by atoms with van der Waals surface area (Å²) < 4.78 is 0. The van der Waals surface area contributed by atoms with E-state index in [0.29, 0.717) is 16.9 Å². The standard InChI is InChI=1S/C17H35N/c1-9-16(5,6)11-18-15-13(3)10-12(2)14(4)17(15,7)8/h12-15,18H,9-11H2,1-8H3. The third kappa shape index (κ3) is 3.29. The average Bonchev–Trinajstić information content (AvgIpc) is 2.26. The van der Waals surface area contributed by atoms with Gasteiger partial charge in [0.05, 0.1) is 0 Å². The van der Waals surface area contributed by atoms with Gasteiger partial charge in [0.25, 0.3) is 0 Å². The van der Waals surface area contributed by atoms with Gasteiger partial charge in [0, 0.05) is 12.6 Å². The van der Waals surface area contributed by atoms with Gasteiger partial charge in [-0.15, -0.1) is 0 Å². The second-order valence-electron chi connectivity index (χ2n) is 8.18. The Hall–Kier alpha value is -0.0400. The Kier molecular flexibility index (Phi) is 4.92. The number of hydrogen-bond acceptors (Lipinski definition) is 1. The van der Waals surface area contributed by atoms with Crippen molar-refractivity contribution in [3.05, 3.63) is 0 Å². The lowest BCUT2D eigenvalue weighted by atomic mass is 9.58. The fraction of sp³-hybridized carbons (Fsp3) is 1.00. The molecule has 1 saturated carbocycles. The minimum atomic E-state index is 0.404. The number of nitrogens with one attached hydrogen (secondary N) is 1. The van der Waals surface area contributed by atoms with Crippen LogP contribution >= 0.6 is 0 Å². The molecular formula is C17H35N.